The van der Waals surface area contributed by atoms with E-state index in [1.807, 2.05) is 11.0 Å². The monoisotopic (exact) mass is 412 g/mol. The molecule has 1 aliphatic rings. The number of benzene rings is 1. The summed E-state index contributed by atoms with van der Waals surface area (Å²) < 4.78 is 27.6. The third-order valence-electron chi connectivity index (χ3n) is 4.92. The first kappa shape index (κ1) is 18.9. The maximum absolute atomic E-state index is 13.1. The number of non-ortho nitro benzene ring substituents is 1. The molecule has 10 nitrogen and oxygen atoms in total. The lowest BCUT2D eigenvalue weighted by molar-refractivity contribution is -0.384. The van der Waals surface area contributed by atoms with Gasteiger partial charge in [0, 0.05) is 56.1 Å². The molecule has 1 aliphatic heterocycles. The second-order valence-electron chi connectivity index (χ2n) is 6.51. The molecule has 1 fully saturated rings. The third-order valence-corrected chi connectivity index (χ3v) is 6.86. The van der Waals surface area contributed by atoms with Crippen LogP contribution in [0.3, 0.4) is 0 Å². The number of fused-ring (bicyclic) bond motifs is 1. The number of nitriles is 1. The maximum atomic E-state index is 13.1. The minimum Gasteiger partial charge on any atom is -0.368 e. The van der Waals surface area contributed by atoms with E-state index < -0.39 is 14.9 Å². The maximum Gasteiger partial charge on any atom is 0.270 e. The number of nitro benzene ring substituents is 1. The molecule has 11 heteroatoms. The van der Waals surface area contributed by atoms with Crippen molar-refractivity contribution in [2.75, 3.05) is 31.1 Å². The lowest BCUT2D eigenvalue weighted by Crippen LogP contribution is -2.48. The van der Waals surface area contributed by atoms with Gasteiger partial charge in [-0.3, -0.25) is 10.1 Å². The van der Waals surface area contributed by atoms with E-state index in [9.17, 15) is 23.8 Å². The molecule has 1 N–H and O–H groups in total. The van der Waals surface area contributed by atoms with Crippen molar-refractivity contribution in [1.82, 2.24) is 14.3 Å². The van der Waals surface area contributed by atoms with E-state index in [0.29, 0.717) is 29.8 Å². The second-order valence-corrected chi connectivity index (χ2v) is 8.42. The van der Waals surface area contributed by atoms with Crippen molar-refractivity contribution in [1.29, 1.82) is 5.26 Å². The summed E-state index contributed by atoms with van der Waals surface area (Å²) in [5, 5.41) is 20.8. The van der Waals surface area contributed by atoms with Gasteiger partial charge in [0.05, 0.1) is 16.2 Å². The van der Waals surface area contributed by atoms with Crippen LogP contribution < -0.4 is 4.90 Å². The fraction of sp³-hybridized carbons (Fsp3) is 0.222. The summed E-state index contributed by atoms with van der Waals surface area (Å²) in [5.74, 6) is 0. The largest absolute Gasteiger partial charge is 0.368 e. The van der Waals surface area contributed by atoms with Gasteiger partial charge in [0.15, 0.2) is 0 Å². The number of pyridine rings is 1. The topological polar surface area (TPSA) is 136 Å². The van der Waals surface area contributed by atoms with E-state index in [0.717, 1.165) is 0 Å². The Morgan fingerprint density at radius 2 is 1.97 bits per heavy atom. The Morgan fingerprint density at radius 1 is 1.21 bits per heavy atom. The summed E-state index contributed by atoms with van der Waals surface area (Å²) in [6.45, 7) is 1.20. The smallest absolute Gasteiger partial charge is 0.270 e. The molecule has 0 amide bonds. The van der Waals surface area contributed by atoms with Gasteiger partial charge in [-0.2, -0.15) is 9.57 Å². The molecule has 0 saturated carbocycles. The minimum absolute atomic E-state index is 0.153. The van der Waals surface area contributed by atoms with Crippen LogP contribution in [0.1, 0.15) is 5.56 Å². The number of nitrogens with zero attached hydrogens (tertiary/aromatic N) is 5. The molecule has 1 aromatic carbocycles. The molecule has 4 rings (SSSR count). The number of H-pyrrole nitrogens is 1. The summed E-state index contributed by atoms with van der Waals surface area (Å²) in [7, 11) is -3.70. The van der Waals surface area contributed by atoms with Crippen LogP contribution in [0.15, 0.2) is 47.6 Å². The highest BCUT2D eigenvalue weighted by molar-refractivity contribution is 7.89. The number of hydrogen-bond donors (Lipinski definition) is 1. The summed E-state index contributed by atoms with van der Waals surface area (Å²) in [6, 6.07) is 9.49. The molecule has 3 heterocycles. The van der Waals surface area contributed by atoms with Gasteiger partial charge in [-0.15, -0.1) is 0 Å². The number of nitrogens with one attached hydrogen (secondary N) is 1. The van der Waals surface area contributed by atoms with Crippen LogP contribution in [-0.2, 0) is 10.0 Å². The SMILES string of the molecule is N#Cc1cc([N+](=O)[O-])ccc1N1CCN(S(=O)(=O)c2c[nH]c3ncccc23)CC1. The summed E-state index contributed by atoms with van der Waals surface area (Å²) in [6.07, 6.45) is 3.04. The molecule has 2 aromatic heterocycles. The molecule has 0 radical (unpaired) electrons. The fourth-order valence-corrected chi connectivity index (χ4v) is 5.03. The van der Waals surface area contributed by atoms with E-state index in [2.05, 4.69) is 9.97 Å². The Morgan fingerprint density at radius 3 is 2.66 bits per heavy atom. The van der Waals surface area contributed by atoms with Crippen LogP contribution >= 0.6 is 0 Å². The molecule has 1 saturated heterocycles. The number of aromatic amines is 1. The van der Waals surface area contributed by atoms with Crippen LogP contribution in [0.25, 0.3) is 11.0 Å². The zero-order valence-corrected chi connectivity index (χ0v) is 16.0. The molecular formula is C18H16N6O4S. The van der Waals surface area contributed by atoms with Crippen molar-refractivity contribution >= 4 is 32.4 Å². The van der Waals surface area contributed by atoms with Gasteiger partial charge in [-0.1, -0.05) is 0 Å². The predicted molar refractivity (Wildman–Crippen MR) is 105 cm³/mol. The first-order valence-electron chi connectivity index (χ1n) is 8.77. The van der Waals surface area contributed by atoms with Gasteiger partial charge in [-0.05, 0) is 18.2 Å². The van der Waals surface area contributed by atoms with Gasteiger partial charge in [-0.25, -0.2) is 13.4 Å². The highest BCUT2D eigenvalue weighted by atomic mass is 32.2. The van der Waals surface area contributed by atoms with Crippen molar-refractivity contribution in [2.45, 2.75) is 4.90 Å². The van der Waals surface area contributed by atoms with Crippen molar-refractivity contribution in [2.24, 2.45) is 0 Å². The molecule has 0 atom stereocenters. The second kappa shape index (κ2) is 7.16. The van der Waals surface area contributed by atoms with Gasteiger partial charge < -0.3 is 9.88 Å². The van der Waals surface area contributed by atoms with E-state index in [-0.39, 0.29) is 29.2 Å². The van der Waals surface area contributed by atoms with Gasteiger partial charge in [0.2, 0.25) is 10.0 Å². The summed E-state index contributed by atoms with van der Waals surface area (Å²) >= 11 is 0. The number of rotatable bonds is 4. The lowest BCUT2D eigenvalue weighted by atomic mass is 10.1. The molecule has 3 aromatic rings. The Labute approximate surface area is 166 Å². The zero-order chi connectivity index (χ0) is 20.6. The Balaban J connectivity index is 1.55. The Hall–Kier alpha value is -3.49. The van der Waals surface area contributed by atoms with Crippen molar-refractivity contribution in [3.63, 3.8) is 0 Å². The minimum atomic E-state index is -3.70. The standard InChI is InChI=1S/C18H16N6O4S/c19-11-13-10-14(24(25)26)3-4-16(13)22-6-8-23(9-7-22)29(27,28)17-12-21-18-15(17)2-1-5-20-18/h1-5,10,12H,6-9H2,(H,20,21). The predicted octanol–water partition coefficient (Wildman–Crippen LogP) is 1.85. The molecule has 0 spiro atoms. The molecule has 0 bridgehead atoms. The number of hydrogen-bond acceptors (Lipinski definition) is 7. The summed E-state index contributed by atoms with van der Waals surface area (Å²) in [4.78, 5) is 19.4. The van der Waals surface area contributed by atoms with Crippen molar-refractivity contribution in [3.05, 3.63) is 58.4 Å². The van der Waals surface area contributed by atoms with E-state index in [1.54, 1.807) is 18.3 Å². The number of anilines is 1. The Kier molecular flexibility index (Phi) is 4.65. The van der Waals surface area contributed by atoms with Crippen molar-refractivity contribution < 1.29 is 13.3 Å². The van der Waals surface area contributed by atoms with Crippen LogP contribution in [-0.4, -0.2) is 53.8 Å². The van der Waals surface area contributed by atoms with Crippen LogP contribution in [0.5, 0.6) is 0 Å². The quantitative estimate of drug-likeness (QED) is 0.510. The highest BCUT2D eigenvalue weighted by Crippen LogP contribution is 2.28. The molecule has 148 valence electrons. The van der Waals surface area contributed by atoms with Gasteiger partial charge in [0.1, 0.15) is 16.6 Å². The van der Waals surface area contributed by atoms with Gasteiger partial charge >= 0.3 is 0 Å². The number of piperazine rings is 1. The molecule has 0 unspecified atom stereocenters. The van der Waals surface area contributed by atoms with Crippen molar-refractivity contribution in [3.8, 4) is 6.07 Å². The average molecular weight is 412 g/mol. The van der Waals surface area contributed by atoms with E-state index >= 15 is 0 Å². The fourth-order valence-electron chi connectivity index (χ4n) is 3.46. The van der Waals surface area contributed by atoms with Crippen LogP contribution in [0.2, 0.25) is 0 Å². The summed E-state index contributed by atoms with van der Waals surface area (Å²) in [5.41, 5.74) is 1.11. The molecule has 0 aliphatic carbocycles. The van der Waals surface area contributed by atoms with E-state index in [4.69, 9.17) is 0 Å². The molecular weight excluding hydrogens is 396 g/mol. The van der Waals surface area contributed by atoms with Gasteiger partial charge in [0.25, 0.3) is 5.69 Å². The lowest BCUT2D eigenvalue weighted by Gasteiger charge is -2.35. The average Bonchev–Trinajstić information content (AvgIpc) is 3.18. The normalized spacial score (nSPS) is 15.3. The first-order valence-corrected chi connectivity index (χ1v) is 10.2. The Bertz CT molecular complexity index is 1240. The third kappa shape index (κ3) is 3.28. The number of nitro groups is 1. The number of sulfonamides is 1. The van der Waals surface area contributed by atoms with E-state index in [1.165, 1.54) is 28.7 Å². The molecule has 29 heavy (non-hydrogen) atoms. The first-order chi connectivity index (χ1) is 13.9. The highest BCUT2D eigenvalue weighted by Gasteiger charge is 2.31. The van der Waals surface area contributed by atoms with Crippen LogP contribution in [0, 0.1) is 21.4 Å². The van der Waals surface area contributed by atoms with Crippen LogP contribution in [0.4, 0.5) is 11.4 Å². The zero-order valence-electron chi connectivity index (χ0n) is 15.1. The number of aromatic nitrogens is 2.